The Balaban J connectivity index is 1.83. The SMILES string of the molecule is CCC1(c2ccccc2)NC(=O)N(CC(=O)c2cc(C)n(CCC(C)C)c2C)C1=O. The van der Waals surface area contributed by atoms with Gasteiger partial charge in [-0.1, -0.05) is 51.1 Å². The van der Waals surface area contributed by atoms with Gasteiger partial charge in [0.15, 0.2) is 5.78 Å². The van der Waals surface area contributed by atoms with Gasteiger partial charge in [-0.15, -0.1) is 0 Å². The number of imide groups is 1. The molecule has 1 aliphatic heterocycles. The Morgan fingerprint density at radius 2 is 1.80 bits per heavy atom. The van der Waals surface area contributed by atoms with Crippen LogP contribution in [0.3, 0.4) is 0 Å². The standard InChI is InChI=1S/C24H31N3O3/c1-6-24(19-10-8-7-9-11-19)22(29)27(23(30)25-24)15-21(28)20-14-17(4)26(18(20)5)13-12-16(2)3/h7-11,14,16H,6,12-13,15H2,1-5H3,(H,25,30). The van der Waals surface area contributed by atoms with Gasteiger partial charge >= 0.3 is 6.03 Å². The van der Waals surface area contributed by atoms with Crippen LogP contribution in [0.15, 0.2) is 36.4 Å². The van der Waals surface area contributed by atoms with Crippen molar-refractivity contribution in [3.8, 4) is 0 Å². The summed E-state index contributed by atoms with van der Waals surface area (Å²) in [7, 11) is 0. The molecule has 1 unspecified atom stereocenters. The number of benzene rings is 1. The van der Waals surface area contributed by atoms with E-state index in [2.05, 4.69) is 23.7 Å². The molecule has 30 heavy (non-hydrogen) atoms. The molecule has 0 aliphatic carbocycles. The van der Waals surface area contributed by atoms with Crippen molar-refractivity contribution >= 4 is 17.7 Å². The van der Waals surface area contributed by atoms with Crippen molar-refractivity contribution in [3.05, 3.63) is 58.9 Å². The number of aromatic nitrogens is 1. The molecular weight excluding hydrogens is 378 g/mol. The van der Waals surface area contributed by atoms with Crippen LogP contribution >= 0.6 is 0 Å². The van der Waals surface area contributed by atoms with Crippen LogP contribution in [0, 0.1) is 19.8 Å². The zero-order valence-electron chi connectivity index (χ0n) is 18.5. The lowest BCUT2D eigenvalue weighted by molar-refractivity contribution is -0.131. The van der Waals surface area contributed by atoms with E-state index in [1.165, 1.54) is 0 Å². The number of ketones is 1. The lowest BCUT2D eigenvalue weighted by Gasteiger charge is -2.25. The van der Waals surface area contributed by atoms with E-state index in [-0.39, 0.29) is 18.2 Å². The normalized spacial score (nSPS) is 18.9. The summed E-state index contributed by atoms with van der Waals surface area (Å²) < 4.78 is 2.14. The van der Waals surface area contributed by atoms with E-state index in [1.807, 2.05) is 57.2 Å². The first kappa shape index (κ1) is 21.8. The predicted octanol–water partition coefficient (Wildman–Crippen LogP) is 4.19. The summed E-state index contributed by atoms with van der Waals surface area (Å²) in [6, 6.07) is 10.5. The van der Waals surface area contributed by atoms with Gasteiger partial charge in [0.05, 0.1) is 6.54 Å². The zero-order chi connectivity index (χ0) is 22.1. The number of hydrogen-bond acceptors (Lipinski definition) is 3. The van der Waals surface area contributed by atoms with E-state index >= 15 is 0 Å². The molecule has 1 fully saturated rings. The Hall–Kier alpha value is -2.89. The maximum Gasteiger partial charge on any atom is 0.325 e. The van der Waals surface area contributed by atoms with E-state index in [9.17, 15) is 14.4 Å². The van der Waals surface area contributed by atoms with Crippen molar-refractivity contribution in [1.82, 2.24) is 14.8 Å². The summed E-state index contributed by atoms with van der Waals surface area (Å²) in [6.45, 7) is 10.7. The van der Waals surface area contributed by atoms with E-state index < -0.39 is 11.6 Å². The number of urea groups is 1. The van der Waals surface area contributed by atoms with Crippen LogP contribution < -0.4 is 5.32 Å². The molecule has 1 aromatic heterocycles. The summed E-state index contributed by atoms with van der Waals surface area (Å²) in [5.74, 6) is -0.0260. The molecule has 6 nitrogen and oxygen atoms in total. The minimum atomic E-state index is -1.12. The van der Waals surface area contributed by atoms with E-state index in [0.717, 1.165) is 34.8 Å². The van der Waals surface area contributed by atoms with Crippen LogP contribution in [0.2, 0.25) is 0 Å². The molecule has 0 bridgehead atoms. The van der Waals surface area contributed by atoms with Gasteiger partial charge in [-0.3, -0.25) is 14.5 Å². The van der Waals surface area contributed by atoms with Crippen LogP contribution in [-0.4, -0.2) is 33.7 Å². The van der Waals surface area contributed by atoms with Gasteiger partial charge in [0.1, 0.15) is 5.54 Å². The molecule has 3 rings (SSSR count). The average Bonchev–Trinajstić information content (AvgIpc) is 3.14. The minimum Gasteiger partial charge on any atom is -0.348 e. The quantitative estimate of drug-likeness (QED) is 0.525. The Kier molecular flexibility index (Phi) is 6.15. The van der Waals surface area contributed by atoms with Gasteiger partial charge in [-0.2, -0.15) is 0 Å². The van der Waals surface area contributed by atoms with Crippen LogP contribution in [0.4, 0.5) is 4.79 Å². The van der Waals surface area contributed by atoms with E-state index in [4.69, 9.17) is 0 Å². The summed E-state index contributed by atoms with van der Waals surface area (Å²) in [5.41, 5.74) is 2.08. The maximum atomic E-state index is 13.3. The van der Waals surface area contributed by atoms with Crippen molar-refractivity contribution in [2.24, 2.45) is 5.92 Å². The molecule has 1 N–H and O–H groups in total. The fourth-order valence-electron chi connectivity index (χ4n) is 4.18. The highest BCUT2D eigenvalue weighted by molar-refractivity contribution is 6.11. The van der Waals surface area contributed by atoms with Gasteiger partial charge < -0.3 is 9.88 Å². The highest BCUT2D eigenvalue weighted by Gasteiger charge is 2.51. The minimum absolute atomic E-state index is 0.220. The largest absolute Gasteiger partial charge is 0.348 e. The summed E-state index contributed by atoms with van der Waals surface area (Å²) in [4.78, 5) is 40.0. The molecule has 0 saturated carbocycles. The summed E-state index contributed by atoms with van der Waals surface area (Å²) in [5, 5.41) is 2.83. The van der Waals surface area contributed by atoms with Crippen LogP contribution in [0.25, 0.3) is 0 Å². The third kappa shape index (κ3) is 3.78. The second kappa shape index (κ2) is 8.46. The van der Waals surface area contributed by atoms with Gasteiger partial charge in [0.25, 0.3) is 5.91 Å². The van der Waals surface area contributed by atoms with Gasteiger partial charge in [0, 0.05) is 23.5 Å². The number of amides is 3. The highest BCUT2D eigenvalue weighted by atomic mass is 16.2. The molecule has 0 radical (unpaired) electrons. The number of rotatable bonds is 8. The molecule has 1 aromatic carbocycles. The Morgan fingerprint density at radius 3 is 2.40 bits per heavy atom. The second-order valence-electron chi connectivity index (χ2n) is 8.49. The number of Topliss-reactive ketones (excluding diaryl/α,β-unsaturated/α-hetero) is 1. The number of carbonyl (C=O) groups excluding carboxylic acids is 3. The molecule has 1 aliphatic rings. The third-order valence-electron chi connectivity index (χ3n) is 6.08. The second-order valence-corrected chi connectivity index (χ2v) is 8.49. The van der Waals surface area contributed by atoms with Gasteiger partial charge in [-0.25, -0.2) is 4.79 Å². The molecule has 2 heterocycles. The van der Waals surface area contributed by atoms with E-state index in [1.54, 1.807) is 0 Å². The molecule has 1 atom stereocenters. The first-order chi connectivity index (χ1) is 14.2. The van der Waals surface area contributed by atoms with Crippen molar-refractivity contribution in [2.45, 2.75) is 59.5 Å². The molecule has 2 aromatic rings. The number of aryl methyl sites for hydroxylation is 1. The smallest absolute Gasteiger partial charge is 0.325 e. The zero-order valence-corrected chi connectivity index (χ0v) is 18.5. The van der Waals surface area contributed by atoms with Crippen molar-refractivity contribution in [2.75, 3.05) is 6.54 Å². The number of nitrogens with one attached hydrogen (secondary N) is 1. The van der Waals surface area contributed by atoms with Gasteiger partial charge in [-0.05, 0) is 44.2 Å². The molecule has 6 heteroatoms. The fourth-order valence-corrected chi connectivity index (χ4v) is 4.18. The fraction of sp³-hybridized carbons (Fsp3) is 0.458. The van der Waals surface area contributed by atoms with Gasteiger partial charge in [0.2, 0.25) is 0 Å². The van der Waals surface area contributed by atoms with Crippen molar-refractivity contribution in [3.63, 3.8) is 0 Å². The first-order valence-corrected chi connectivity index (χ1v) is 10.6. The Morgan fingerprint density at radius 1 is 1.13 bits per heavy atom. The highest BCUT2D eigenvalue weighted by Crippen LogP contribution is 2.32. The topological polar surface area (TPSA) is 71.4 Å². The average molecular weight is 410 g/mol. The lowest BCUT2D eigenvalue weighted by Crippen LogP contribution is -2.43. The summed E-state index contributed by atoms with van der Waals surface area (Å²) in [6.07, 6.45) is 1.43. The lowest BCUT2D eigenvalue weighted by atomic mass is 9.87. The first-order valence-electron chi connectivity index (χ1n) is 10.6. The van der Waals surface area contributed by atoms with E-state index in [0.29, 0.717) is 17.9 Å². The number of carbonyl (C=O) groups is 3. The Labute approximate surface area is 178 Å². The number of hydrogen-bond donors (Lipinski definition) is 1. The predicted molar refractivity (Wildman–Crippen MR) is 116 cm³/mol. The van der Waals surface area contributed by atoms with Crippen molar-refractivity contribution < 1.29 is 14.4 Å². The molecular formula is C24H31N3O3. The van der Waals surface area contributed by atoms with Crippen LogP contribution in [0.1, 0.15) is 60.9 Å². The monoisotopic (exact) mass is 409 g/mol. The molecule has 3 amide bonds. The van der Waals surface area contributed by atoms with Crippen LogP contribution in [0.5, 0.6) is 0 Å². The molecule has 160 valence electrons. The molecule has 1 saturated heterocycles. The van der Waals surface area contributed by atoms with Crippen LogP contribution in [-0.2, 0) is 16.9 Å². The van der Waals surface area contributed by atoms with Crippen molar-refractivity contribution in [1.29, 1.82) is 0 Å². The number of nitrogens with zero attached hydrogens (tertiary/aromatic N) is 2. The maximum absolute atomic E-state index is 13.3. The molecule has 0 spiro atoms. The third-order valence-corrected chi connectivity index (χ3v) is 6.08. The Bertz CT molecular complexity index is 962. The summed E-state index contributed by atoms with van der Waals surface area (Å²) >= 11 is 0.